The van der Waals surface area contributed by atoms with Crippen molar-refractivity contribution in [3.63, 3.8) is 0 Å². The summed E-state index contributed by atoms with van der Waals surface area (Å²) in [5.41, 5.74) is -0.326. The van der Waals surface area contributed by atoms with E-state index < -0.39 is 28.6 Å². The highest BCUT2D eigenvalue weighted by Crippen LogP contribution is 2.36. The lowest BCUT2D eigenvalue weighted by molar-refractivity contribution is -0.137. The number of hydrogen-bond acceptors (Lipinski definition) is 1. The van der Waals surface area contributed by atoms with E-state index in [1.807, 2.05) is 0 Å². The summed E-state index contributed by atoms with van der Waals surface area (Å²) in [7, 11) is 0. The Labute approximate surface area is 134 Å². The molecule has 0 unspecified atom stereocenters. The van der Waals surface area contributed by atoms with Crippen molar-refractivity contribution in [2.75, 3.05) is 10.6 Å². The smallest absolute Gasteiger partial charge is 0.308 e. The first-order valence-electron chi connectivity index (χ1n) is 6.38. The molecule has 0 saturated carbocycles. The van der Waals surface area contributed by atoms with Crippen LogP contribution in [-0.2, 0) is 6.18 Å². The third kappa shape index (κ3) is 4.35. The average Bonchev–Trinajstić information content (AvgIpc) is 2.44. The summed E-state index contributed by atoms with van der Waals surface area (Å²) in [6.07, 6.45) is -4.63. The minimum absolute atomic E-state index is 0.0896. The molecule has 8 heteroatoms. The van der Waals surface area contributed by atoms with Gasteiger partial charge in [-0.25, -0.2) is 9.18 Å². The van der Waals surface area contributed by atoms with E-state index in [2.05, 4.69) is 10.6 Å². The first-order chi connectivity index (χ1) is 10.7. The minimum Gasteiger partial charge on any atom is -0.308 e. The van der Waals surface area contributed by atoms with Gasteiger partial charge in [-0.2, -0.15) is 13.2 Å². The van der Waals surface area contributed by atoms with E-state index in [0.29, 0.717) is 5.56 Å². The molecule has 2 aromatic carbocycles. The maximum absolute atomic E-state index is 13.1. The Hall–Kier alpha value is -2.28. The van der Waals surface area contributed by atoms with Gasteiger partial charge in [-0.15, -0.1) is 0 Å². The van der Waals surface area contributed by atoms with Gasteiger partial charge in [-0.05, 0) is 42.8 Å². The molecule has 2 amide bonds. The number of nitrogens with one attached hydrogen (secondary N) is 2. The van der Waals surface area contributed by atoms with Gasteiger partial charge in [0.25, 0.3) is 0 Å². The third-order valence-electron chi connectivity index (χ3n) is 2.98. The quantitative estimate of drug-likeness (QED) is 0.697. The van der Waals surface area contributed by atoms with Crippen molar-refractivity contribution in [1.82, 2.24) is 0 Å². The number of carbonyl (C=O) groups excluding carboxylic acids is 1. The number of hydrogen-bond donors (Lipinski definition) is 2. The molecule has 0 heterocycles. The molecule has 0 atom stereocenters. The fourth-order valence-corrected chi connectivity index (χ4v) is 2.06. The van der Waals surface area contributed by atoms with Gasteiger partial charge in [0, 0.05) is 11.4 Å². The maximum Gasteiger partial charge on any atom is 0.417 e. The second kappa shape index (κ2) is 6.45. The summed E-state index contributed by atoms with van der Waals surface area (Å²) < 4.78 is 51.4. The van der Waals surface area contributed by atoms with Crippen LogP contribution < -0.4 is 10.6 Å². The Morgan fingerprint density at radius 1 is 1.09 bits per heavy atom. The molecule has 23 heavy (non-hydrogen) atoms. The zero-order chi connectivity index (χ0) is 17.2. The van der Waals surface area contributed by atoms with Gasteiger partial charge < -0.3 is 10.6 Å². The number of alkyl halides is 3. The standard InChI is InChI=1S/C15H11ClF4N2O/c1-8-2-3-9(17)6-13(8)22-14(23)21-10-4-5-12(16)11(7-10)15(18,19)20/h2-7H,1H3,(H2,21,22,23). The van der Waals surface area contributed by atoms with Crippen LogP contribution in [-0.4, -0.2) is 6.03 Å². The number of anilines is 2. The topological polar surface area (TPSA) is 41.1 Å². The van der Waals surface area contributed by atoms with E-state index in [0.717, 1.165) is 18.2 Å². The Morgan fingerprint density at radius 3 is 2.43 bits per heavy atom. The summed E-state index contributed by atoms with van der Waals surface area (Å²) in [4.78, 5) is 11.8. The molecule has 0 aliphatic carbocycles. The molecule has 2 rings (SSSR count). The van der Waals surface area contributed by atoms with E-state index >= 15 is 0 Å². The predicted molar refractivity (Wildman–Crippen MR) is 80.2 cm³/mol. The number of urea groups is 1. The maximum atomic E-state index is 13.1. The van der Waals surface area contributed by atoms with Gasteiger partial charge >= 0.3 is 12.2 Å². The first-order valence-corrected chi connectivity index (χ1v) is 6.75. The van der Waals surface area contributed by atoms with Crippen LogP contribution in [0.4, 0.5) is 33.7 Å². The lowest BCUT2D eigenvalue weighted by Gasteiger charge is -2.13. The minimum atomic E-state index is -4.63. The van der Waals surface area contributed by atoms with Crippen LogP contribution in [0.15, 0.2) is 36.4 Å². The molecule has 122 valence electrons. The van der Waals surface area contributed by atoms with Crippen LogP contribution in [0.1, 0.15) is 11.1 Å². The summed E-state index contributed by atoms with van der Waals surface area (Å²) in [6.45, 7) is 1.65. The second-order valence-corrected chi connectivity index (χ2v) is 5.14. The number of halogens is 5. The monoisotopic (exact) mass is 346 g/mol. The van der Waals surface area contributed by atoms with Crippen LogP contribution in [0, 0.1) is 12.7 Å². The predicted octanol–water partition coefficient (Wildman–Crippen LogP) is 5.45. The molecular formula is C15H11ClF4N2O. The van der Waals surface area contributed by atoms with Crippen molar-refractivity contribution in [2.24, 2.45) is 0 Å². The molecule has 0 aliphatic heterocycles. The van der Waals surface area contributed by atoms with Crippen LogP contribution in [0.25, 0.3) is 0 Å². The molecule has 0 bridgehead atoms. The Morgan fingerprint density at radius 2 is 1.78 bits per heavy atom. The largest absolute Gasteiger partial charge is 0.417 e. The molecular weight excluding hydrogens is 336 g/mol. The van der Waals surface area contributed by atoms with Crippen LogP contribution in [0.3, 0.4) is 0 Å². The number of benzene rings is 2. The second-order valence-electron chi connectivity index (χ2n) is 4.73. The van der Waals surface area contributed by atoms with E-state index in [1.165, 1.54) is 18.2 Å². The molecule has 0 radical (unpaired) electrons. The fraction of sp³-hybridized carbons (Fsp3) is 0.133. The Kier molecular flexibility index (Phi) is 4.79. The van der Waals surface area contributed by atoms with E-state index in [1.54, 1.807) is 6.92 Å². The van der Waals surface area contributed by atoms with Gasteiger partial charge in [-0.3, -0.25) is 0 Å². The Bertz CT molecular complexity index is 747. The van der Waals surface area contributed by atoms with Crippen molar-refractivity contribution in [2.45, 2.75) is 13.1 Å². The Balaban J connectivity index is 2.16. The molecule has 3 nitrogen and oxygen atoms in total. The normalized spacial score (nSPS) is 11.2. The number of aryl methyl sites for hydroxylation is 1. The third-order valence-corrected chi connectivity index (χ3v) is 3.31. The van der Waals surface area contributed by atoms with Crippen molar-refractivity contribution in [1.29, 1.82) is 0 Å². The molecule has 0 aromatic heterocycles. The van der Waals surface area contributed by atoms with Crippen molar-refractivity contribution >= 4 is 29.0 Å². The fourth-order valence-electron chi connectivity index (χ4n) is 1.83. The highest BCUT2D eigenvalue weighted by molar-refractivity contribution is 6.31. The summed E-state index contributed by atoms with van der Waals surface area (Å²) in [5.74, 6) is -0.545. The van der Waals surface area contributed by atoms with Gasteiger partial charge in [0.05, 0.1) is 10.6 Å². The van der Waals surface area contributed by atoms with Gasteiger partial charge in [0.2, 0.25) is 0 Å². The van der Waals surface area contributed by atoms with Crippen molar-refractivity contribution < 1.29 is 22.4 Å². The number of rotatable bonds is 2. The summed E-state index contributed by atoms with van der Waals surface area (Å²) >= 11 is 5.50. The highest BCUT2D eigenvalue weighted by atomic mass is 35.5. The van der Waals surface area contributed by atoms with Crippen LogP contribution in [0.5, 0.6) is 0 Å². The molecule has 2 N–H and O–H groups in total. The van der Waals surface area contributed by atoms with E-state index in [4.69, 9.17) is 11.6 Å². The van der Waals surface area contributed by atoms with Crippen molar-refractivity contribution in [3.05, 3.63) is 58.4 Å². The lowest BCUT2D eigenvalue weighted by Crippen LogP contribution is -2.20. The van der Waals surface area contributed by atoms with Gasteiger partial charge in [0.15, 0.2) is 0 Å². The van der Waals surface area contributed by atoms with E-state index in [9.17, 15) is 22.4 Å². The molecule has 2 aromatic rings. The van der Waals surface area contributed by atoms with E-state index in [-0.39, 0.29) is 11.4 Å². The summed E-state index contributed by atoms with van der Waals surface area (Å²) in [6, 6.07) is 6.00. The average molecular weight is 347 g/mol. The lowest BCUT2D eigenvalue weighted by atomic mass is 10.2. The molecule has 0 aliphatic rings. The zero-order valence-electron chi connectivity index (χ0n) is 11.8. The van der Waals surface area contributed by atoms with Crippen LogP contribution in [0.2, 0.25) is 5.02 Å². The summed E-state index contributed by atoms with van der Waals surface area (Å²) in [5, 5.41) is 4.15. The molecule has 0 spiro atoms. The van der Waals surface area contributed by atoms with Crippen molar-refractivity contribution in [3.8, 4) is 0 Å². The van der Waals surface area contributed by atoms with Crippen LogP contribution >= 0.6 is 11.6 Å². The van der Waals surface area contributed by atoms with Gasteiger partial charge in [-0.1, -0.05) is 17.7 Å². The molecule has 0 fully saturated rings. The highest BCUT2D eigenvalue weighted by Gasteiger charge is 2.33. The zero-order valence-corrected chi connectivity index (χ0v) is 12.5. The SMILES string of the molecule is Cc1ccc(F)cc1NC(=O)Nc1ccc(Cl)c(C(F)(F)F)c1. The number of amides is 2. The first kappa shape index (κ1) is 17.1. The molecule has 0 saturated heterocycles. The van der Waals surface area contributed by atoms with Gasteiger partial charge in [0.1, 0.15) is 5.82 Å². The number of carbonyl (C=O) groups is 1.